The van der Waals surface area contributed by atoms with E-state index in [0.717, 1.165) is 58.2 Å². The van der Waals surface area contributed by atoms with Crippen molar-refractivity contribution in [2.45, 2.75) is 52.7 Å². The van der Waals surface area contributed by atoms with Gasteiger partial charge in [-0.25, -0.2) is 4.79 Å². The van der Waals surface area contributed by atoms with Crippen molar-refractivity contribution in [2.24, 2.45) is 4.99 Å². The van der Waals surface area contributed by atoms with Gasteiger partial charge < -0.3 is 25.0 Å². The fourth-order valence-electron chi connectivity index (χ4n) is 2.81. The van der Waals surface area contributed by atoms with Gasteiger partial charge in [-0.05, 0) is 41.0 Å². The van der Waals surface area contributed by atoms with Crippen molar-refractivity contribution < 1.29 is 14.3 Å². The zero-order chi connectivity index (χ0) is 20.3. The highest BCUT2D eigenvalue weighted by atomic mass is 16.6. The van der Waals surface area contributed by atoms with Crippen molar-refractivity contribution in [3.05, 3.63) is 0 Å². The van der Waals surface area contributed by atoms with Crippen LogP contribution < -0.4 is 10.6 Å². The van der Waals surface area contributed by atoms with Gasteiger partial charge in [-0.3, -0.25) is 9.89 Å². The molecular weight excluding hydrogens is 346 g/mol. The van der Waals surface area contributed by atoms with E-state index < -0.39 is 5.60 Å². The molecule has 8 nitrogen and oxygen atoms in total. The maximum Gasteiger partial charge on any atom is 0.410 e. The molecule has 0 bridgehead atoms. The number of nitrogens with one attached hydrogen (secondary N) is 2. The highest BCUT2D eigenvalue weighted by Gasteiger charge is 2.25. The molecule has 1 amide bonds. The average Bonchev–Trinajstić information content (AvgIpc) is 2.58. The van der Waals surface area contributed by atoms with Crippen molar-refractivity contribution in [1.82, 2.24) is 20.4 Å². The number of carbonyl (C=O) groups is 1. The average molecular weight is 386 g/mol. The molecule has 1 atom stereocenters. The Balaban J connectivity index is 2.29. The largest absolute Gasteiger partial charge is 0.444 e. The van der Waals surface area contributed by atoms with Gasteiger partial charge >= 0.3 is 6.09 Å². The summed E-state index contributed by atoms with van der Waals surface area (Å²) in [5.74, 6) is 0.830. The van der Waals surface area contributed by atoms with Crippen LogP contribution in [0.15, 0.2) is 4.99 Å². The molecule has 0 aromatic carbocycles. The van der Waals surface area contributed by atoms with Gasteiger partial charge in [0.2, 0.25) is 0 Å². The number of hydrogen-bond acceptors (Lipinski definition) is 5. The van der Waals surface area contributed by atoms with Crippen molar-refractivity contribution in [3.63, 3.8) is 0 Å². The van der Waals surface area contributed by atoms with Gasteiger partial charge in [-0.2, -0.15) is 0 Å². The van der Waals surface area contributed by atoms with Gasteiger partial charge in [0.05, 0.1) is 6.61 Å². The quantitative estimate of drug-likeness (QED) is 0.375. The summed E-state index contributed by atoms with van der Waals surface area (Å²) in [6.45, 7) is 16.2. The molecule has 0 saturated carbocycles. The fourth-order valence-corrected chi connectivity index (χ4v) is 2.81. The Morgan fingerprint density at radius 3 is 2.44 bits per heavy atom. The topological polar surface area (TPSA) is 78.4 Å². The van der Waals surface area contributed by atoms with E-state index in [1.807, 2.05) is 20.8 Å². The lowest BCUT2D eigenvalue weighted by Gasteiger charge is -2.35. The normalized spacial score (nSPS) is 17.6. The standard InChI is InChI=1S/C19H39N5O3/c1-7-20-17(22-16(2)15-26-6)21-9-8-10-23-11-13-24(14-12-23)18(25)27-19(3,4)5/h16H,7-15H2,1-6H3,(H2,20,21,22). The second-order valence-corrected chi connectivity index (χ2v) is 7.92. The lowest BCUT2D eigenvalue weighted by Crippen LogP contribution is -2.50. The van der Waals surface area contributed by atoms with Crippen molar-refractivity contribution in [3.8, 4) is 0 Å². The summed E-state index contributed by atoms with van der Waals surface area (Å²) in [5.41, 5.74) is -0.439. The highest BCUT2D eigenvalue weighted by molar-refractivity contribution is 5.80. The summed E-state index contributed by atoms with van der Waals surface area (Å²) >= 11 is 0. The second-order valence-electron chi connectivity index (χ2n) is 7.92. The number of rotatable bonds is 8. The van der Waals surface area contributed by atoms with Gasteiger partial charge in [0.1, 0.15) is 5.60 Å². The zero-order valence-electron chi connectivity index (χ0n) is 18.0. The molecule has 1 unspecified atom stereocenters. The molecule has 27 heavy (non-hydrogen) atoms. The first kappa shape index (κ1) is 23.5. The van der Waals surface area contributed by atoms with Crippen LogP contribution in [-0.2, 0) is 9.47 Å². The van der Waals surface area contributed by atoms with E-state index in [9.17, 15) is 4.79 Å². The fraction of sp³-hybridized carbons (Fsp3) is 0.895. The Morgan fingerprint density at radius 2 is 1.89 bits per heavy atom. The van der Waals surface area contributed by atoms with Crippen LogP contribution in [0, 0.1) is 0 Å². The van der Waals surface area contributed by atoms with Crippen molar-refractivity contribution >= 4 is 12.1 Å². The van der Waals surface area contributed by atoms with E-state index in [4.69, 9.17) is 9.47 Å². The van der Waals surface area contributed by atoms with Crippen molar-refractivity contribution in [1.29, 1.82) is 0 Å². The Morgan fingerprint density at radius 1 is 1.22 bits per heavy atom. The SMILES string of the molecule is CCNC(=NCCCN1CCN(C(=O)OC(C)(C)C)CC1)NC(C)COC. The number of amides is 1. The molecule has 2 N–H and O–H groups in total. The lowest BCUT2D eigenvalue weighted by atomic mass is 10.2. The van der Waals surface area contributed by atoms with Gasteiger partial charge in [0.15, 0.2) is 5.96 Å². The molecule has 0 spiro atoms. The maximum atomic E-state index is 12.1. The first-order valence-electron chi connectivity index (χ1n) is 9.99. The smallest absolute Gasteiger partial charge is 0.410 e. The number of guanidine groups is 1. The van der Waals surface area contributed by atoms with Crippen molar-refractivity contribution in [2.75, 3.05) is 59.5 Å². The number of carbonyl (C=O) groups excluding carboxylic acids is 1. The minimum absolute atomic E-state index is 0.210. The molecule has 0 radical (unpaired) electrons. The molecule has 1 saturated heterocycles. The first-order chi connectivity index (χ1) is 12.7. The number of hydrogen-bond donors (Lipinski definition) is 2. The Labute approximate surface area is 164 Å². The highest BCUT2D eigenvalue weighted by Crippen LogP contribution is 2.12. The van der Waals surface area contributed by atoms with Gasteiger partial charge in [0.25, 0.3) is 0 Å². The molecule has 0 aliphatic carbocycles. The van der Waals surface area contributed by atoms with E-state index in [2.05, 4.69) is 34.4 Å². The molecule has 0 aromatic heterocycles. The molecule has 1 aliphatic rings. The van der Waals surface area contributed by atoms with Crippen LogP contribution in [0.25, 0.3) is 0 Å². The molecule has 1 heterocycles. The molecule has 8 heteroatoms. The van der Waals surface area contributed by atoms with E-state index >= 15 is 0 Å². The number of piperazine rings is 1. The minimum Gasteiger partial charge on any atom is -0.444 e. The molecule has 0 aromatic rings. The Kier molecular flexibility index (Phi) is 10.5. The van der Waals surface area contributed by atoms with Gasteiger partial charge in [-0.1, -0.05) is 0 Å². The van der Waals surface area contributed by atoms with Gasteiger partial charge in [0, 0.05) is 59.0 Å². The third kappa shape index (κ3) is 10.4. The molecular formula is C19H39N5O3. The number of methoxy groups -OCH3 is 1. The first-order valence-corrected chi connectivity index (χ1v) is 9.99. The van der Waals surface area contributed by atoms with Crippen LogP contribution in [0.3, 0.4) is 0 Å². The molecule has 1 fully saturated rings. The summed E-state index contributed by atoms with van der Waals surface area (Å²) in [7, 11) is 1.70. The predicted octanol–water partition coefficient (Wildman–Crippen LogP) is 1.52. The summed E-state index contributed by atoms with van der Waals surface area (Å²) in [5, 5.41) is 6.60. The number of nitrogens with zero attached hydrogens (tertiary/aromatic N) is 3. The van der Waals surface area contributed by atoms with Crippen LogP contribution >= 0.6 is 0 Å². The monoisotopic (exact) mass is 385 g/mol. The molecule has 1 aliphatic heterocycles. The molecule has 1 rings (SSSR count). The maximum absolute atomic E-state index is 12.1. The molecule has 158 valence electrons. The summed E-state index contributed by atoms with van der Waals surface area (Å²) < 4.78 is 10.6. The summed E-state index contributed by atoms with van der Waals surface area (Å²) in [6, 6.07) is 0.216. The Hall–Kier alpha value is -1.54. The second kappa shape index (κ2) is 12.0. The van der Waals surface area contributed by atoms with E-state index in [1.165, 1.54) is 0 Å². The van der Waals surface area contributed by atoms with E-state index in [-0.39, 0.29) is 12.1 Å². The number of aliphatic imine (C=N–C) groups is 1. The van der Waals surface area contributed by atoms with E-state index in [0.29, 0.717) is 6.61 Å². The summed E-state index contributed by atoms with van der Waals surface area (Å²) in [6.07, 6.45) is 0.778. The van der Waals surface area contributed by atoms with Crippen LogP contribution in [0.4, 0.5) is 4.79 Å². The minimum atomic E-state index is -0.439. The van der Waals surface area contributed by atoms with Crippen LogP contribution in [0.5, 0.6) is 0 Å². The van der Waals surface area contributed by atoms with Crippen LogP contribution in [-0.4, -0.2) is 93.0 Å². The van der Waals surface area contributed by atoms with E-state index in [1.54, 1.807) is 12.0 Å². The van der Waals surface area contributed by atoms with Crippen LogP contribution in [0.2, 0.25) is 0 Å². The lowest BCUT2D eigenvalue weighted by molar-refractivity contribution is 0.0145. The zero-order valence-corrected chi connectivity index (χ0v) is 18.0. The third-order valence-electron chi connectivity index (χ3n) is 4.07. The number of ether oxygens (including phenoxy) is 2. The Bertz CT molecular complexity index is 457. The van der Waals surface area contributed by atoms with Gasteiger partial charge in [-0.15, -0.1) is 0 Å². The third-order valence-corrected chi connectivity index (χ3v) is 4.07. The predicted molar refractivity (Wildman–Crippen MR) is 109 cm³/mol. The van der Waals surface area contributed by atoms with Crippen LogP contribution in [0.1, 0.15) is 41.0 Å². The summed E-state index contributed by atoms with van der Waals surface area (Å²) in [4.78, 5) is 20.9.